The van der Waals surface area contributed by atoms with Gasteiger partial charge in [0.25, 0.3) is 0 Å². The van der Waals surface area contributed by atoms with Gasteiger partial charge in [-0.2, -0.15) is 0 Å². The van der Waals surface area contributed by atoms with Crippen LogP contribution in [0.25, 0.3) is 0 Å². The maximum Gasteiger partial charge on any atom is 0.191 e. The van der Waals surface area contributed by atoms with E-state index in [4.69, 9.17) is 4.74 Å². The number of aromatic nitrogens is 1. The summed E-state index contributed by atoms with van der Waals surface area (Å²) in [5, 5.41) is 7.03. The van der Waals surface area contributed by atoms with Crippen molar-refractivity contribution in [3.63, 3.8) is 0 Å². The van der Waals surface area contributed by atoms with Gasteiger partial charge in [0.05, 0.1) is 6.10 Å². The van der Waals surface area contributed by atoms with E-state index in [-0.39, 0.29) is 24.0 Å². The van der Waals surface area contributed by atoms with Gasteiger partial charge in [0.15, 0.2) is 5.96 Å². The SMILES string of the molecule is CCOC1CC(NC(=NC)NCCn2cccc2)C12CCC2.I. The monoisotopic (exact) mass is 432 g/mol. The van der Waals surface area contributed by atoms with Gasteiger partial charge in [0.2, 0.25) is 0 Å². The van der Waals surface area contributed by atoms with E-state index in [0.717, 1.165) is 32.1 Å². The number of guanidine groups is 1. The van der Waals surface area contributed by atoms with E-state index in [0.29, 0.717) is 17.6 Å². The molecule has 2 atom stereocenters. The molecule has 0 aliphatic heterocycles. The quantitative estimate of drug-likeness (QED) is 0.413. The lowest BCUT2D eigenvalue weighted by molar-refractivity contribution is -0.168. The molecule has 1 aromatic heterocycles. The molecule has 2 fully saturated rings. The zero-order valence-corrected chi connectivity index (χ0v) is 16.5. The molecule has 0 radical (unpaired) electrons. The van der Waals surface area contributed by atoms with Gasteiger partial charge in [0.1, 0.15) is 0 Å². The number of hydrogen-bond donors (Lipinski definition) is 2. The minimum absolute atomic E-state index is 0. The maximum absolute atomic E-state index is 5.91. The van der Waals surface area contributed by atoms with Crippen LogP contribution in [0, 0.1) is 5.41 Å². The third-order valence-corrected chi connectivity index (χ3v) is 5.30. The van der Waals surface area contributed by atoms with Crippen molar-refractivity contribution in [2.24, 2.45) is 10.4 Å². The van der Waals surface area contributed by atoms with E-state index < -0.39 is 0 Å². The Balaban J connectivity index is 0.00000192. The highest BCUT2D eigenvalue weighted by Gasteiger charge is 2.59. The molecule has 0 saturated heterocycles. The van der Waals surface area contributed by atoms with Crippen LogP contribution in [-0.4, -0.2) is 42.9 Å². The van der Waals surface area contributed by atoms with Crippen LogP contribution in [0.3, 0.4) is 0 Å². The van der Waals surface area contributed by atoms with E-state index >= 15 is 0 Å². The molecule has 6 heteroatoms. The molecule has 2 aliphatic carbocycles. The number of nitrogens with zero attached hydrogens (tertiary/aromatic N) is 2. The van der Waals surface area contributed by atoms with Gasteiger partial charge in [-0.15, -0.1) is 24.0 Å². The van der Waals surface area contributed by atoms with Crippen molar-refractivity contribution in [1.82, 2.24) is 15.2 Å². The minimum Gasteiger partial charge on any atom is -0.378 e. The van der Waals surface area contributed by atoms with Crippen molar-refractivity contribution in [2.75, 3.05) is 20.2 Å². The van der Waals surface area contributed by atoms with Gasteiger partial charge in [-0.3, -0.25) is 4.99 Å². The largest absolute Gasteiger partial charge is 0.378 e. The molecule has 5 nitrogen and oxygen atoms in total. The molecular weight excluding hydrogens is 403 g/mol. The first-order valence-corrected chi connectivity index (χ1v) is 8.48. The summed E-state index contributed by atoms with van der Waals surface area (Å²) in [7, 11) is 1.84. The average molecular weight is 432 g/mol. The van der Waals surface area contributed by atoms with Gasteiger partial charge < -0.3 is 19.9 Å². The zero-order valence-electron chi connectivity index (χ0n) is 14.1. The van der Waals surface area contributed by atoms with Crippen LogP contribution >= 0.6 is 24.0 Å². The first-order valence-electron chi connectivity index (χ1n) is 8.48. The Morgan fingerprint density at radius 2 is 2.09 bits per heavy atom. The molecule has 2 unspecified atom stereocenters. The molecule has 2 saturated carbocycles. The number of ether oxygens (including phenoxy) is 1. The normalized spacial score (nSPS) is 25.2. The Labute approximate surface area is 156 Å². The van der Waals surface area contributed by atoms with Crippen molar-refractivity contribution in [3.05, 3.63) is 24.5 Å². The maximum atomic E-state index is 5.91. The van der Waals surface area contributed by atoms with E-state index in [1.54, 1.807) is 0 Å². The molecular formula is C17H29IN4O. The molecule has 1 aromatic rings. The summed E-state index contributed by atoms with van der Waals surface area (Å²) < 4.78 is 8.08. The molecule has 1 spiro atoms. The third-order valence-electron chi connectivity index (χ3n) is 5.30. The number of hydrogen-bond acceptors (Lipinski definition) is 2. The molecule has 1 heterocycles. The minimum atomic E-state index is 0. The number of halogens is 1. The van der Waals surface area contributed by atoms with E-state index in [9.17, 15) is 0 Å². The topological polar surface area (TPSA) is 50.6 Å². The fraction of sp³-hybridized carbons (Fsp3) is 0.706. The second-order valence-corrected chi connectivity index (χ2v) is 6.38. The molecule has 3 rings (SSSR count). The van der Waals surface area contributed by atoms with Crippen molar-refractivity contribution < 1.29 is 4.74 Å². The Morgan fingerprint density at radius 3 is 2.65 bits per heavy atom. The predicted molar refractivity (Wildman–Crippen MR) is 104 cm³/mol. The van der Waals surface area contributed by atoms with Crippen molar-refractivity contribution >= 4 is 29.9 Å². The van der Waals surface area contributed by atoms with Crippen LogP contribution in [0.2, 0.25) is 0 Å². The van der Waals surface area contributed by atoms with Crippen molar-refractivity contribution in [3.8, 4) is 0 Å². The highest BCUT2D eigenvalue weighted by Crippen LogP contribution is 2.57. The van der Waals surface area contributed by atoms with Crippen LogP contribution in [0.5, 0.6) is 0 Å². The van der Waals surface area contributed by atoms with Crippen molar-refractivity contribution in [1.29, 1.82) is 0 Å². The van der Waals surface area contributed by atoms with E-state index in [1.807, 2.05) is 7.05 Å². The Bertz CT molecular complexity index is 499. The summed E-state index contributed by atoms with van der Waals surface area (Å²) in [5.41, 5.74) is 0.369. The van der Waals surface area contributed by atoms with E-state index in [2.05, 4.69) is 51.6 Å². The van der Waals surface area contributed by atoms with Gasteiger partial charge in [-0.1, -0.05) is 6.42 Å². The third kappa shape index (κ3) is 3.84. The van der Waals surface area contributed by atoms with Gasteiger partial charge in [-0.25, -0.2) is 0 Å². The first kappa shape index (κ1) is 18.6. The van der Waals surface area contributed by atoms with Crippen LogP contribution in [0.15, 0.2) is 29.5 Å². The smallest absolute Gasteiger partial charge is 0.191 e. The van der Waals surface area contributed by atoms with Crippen molar-refractivity contribution in [2.45, 2.75) is 51.3 Å². The fourth-order valence-electron chi connectivity index (χ4n) is 3.82. The number of aliphatic imine (C=N–C) groups is 1. The second-order valence-electron chi connectivity index (χ2n) is 6.38. The zero-order chi connectivity index (χ0) is 15.4. The van der Waals surface area contributed by atoms with Crippen LogP contribution < -0.4 is 10.6 Å². The lowest BCUT2D eigenvalue weighted by atomic mass is 9.51. The van der Waals surface area contributed by atoms with Crippen LogP contribution in [0.4, 0.5) is 0 Å². The number of nitrogens with one attached hydrogen (secondary N) is 2. The highest BCUT2D eigenvalue weighted by atomic mass is 127. The summed E-state index contributed by atoms with van der Waals surface area (Å²) in [6.07, 6.45) is 9.63. The average Bonchev–Trinajstić information content (AvgIpc) is 2.95. The lowest BCUT2D eigenvalue weighted by Crippen LogP contribution is -2.68. The second kappa shape index (κ2) is 8.37. The molecule has 0 bridgehead atoms. The fourth-order valence-corrected chi connectivity index (χ4v) is 3.82. The Hall–Kier alpha value is -0.760. The van der Waals surface area contributed by atoms with E-state index in [1.165, 1.54) is 19.3 Å². The Kier molecular flexibility index (Phi) is 6.76. The summed E-state index contributed by atoms with van der Waals surface area (Å²) >= 11 is 0. The van der Waals surface area contributed by atoms with Gasteiger partial charge >= 0.3 is 0 Å². The first-order chi connectivity index (χ1) is 10.8. The van der Waals surface area contributed by atoms with Gasteiger partial charge in [-0.05, 0) is 38.3 Å². The summed E-state index contributed by atoms with van der Waals surface area (Å²) in [4.78, 5) is 4.37. The predicted octanol–water partition coefficient (Wildman–Crippen LogP) is 2.62. The molecule has 23 heavy (non-hydrogen) atoms. The van der Waals surface area contributed by atoms with Crippen LogP contribution in [0.1, 0.15) is 32.6 Å². The molecule has 0 aromatic carbocycles. The molecule has 2 N–H and O–H groups in total. The summed E-state index contributed by atoms with van der Waals surface area (Å²) in [6.45, 7) is 4.74. The Morgan fingerprint density at radius 1 is 1.35 bits per heavy atom. The molecule has 0 amide bonds. The van der Waals surface area contributed by atoms with Crippen LogP contribution in [-0.2, 0) is 11.3 Å². The highest BCUT2D eigenvalue weighted by molar-refractivity contribution is 14.0. The molecule has 2 aliphatic rings. The lowest BCUT2D eigenvalue weighted by Gasteiger charge is -2.61. The molecule has 130 valence electrons. The summed E-state index contributed by atoms with van der Waals surface area (Å²) in [6, 6.07) is 4.61. The number of rotatable bonds is 6. The standard InChI is InChI=1S/C17H28N4O.HI/c1-3-22-15-13-14(17(15)7-6-8-17)20-16(18-2)19-9-12-21-10-4-5-11-21;/h4-5,10-11,14-15H,3,6-9,12-13H2,1-2H3,(H2,18,19,20);1H. The summed E-state index contributed by atoms with van der Waals surface area (Å²) in [5.74, 6) is 0.915. The van der Waals surface area contributed by atoms with Gasteiger partial charge in [0, 0.05) is 50.6 Å².